The van der Waals surface area contributed by atoms with Crippen molar-refractivity contribution in [2.24, 2.45) is 0 Å². The molecule has 0 aliphatic carbocycles. The average molecular weight is 236 g/mol. The third-order valence-corrected chi connectivity index (χ3v) is 2.87. The fourth-order valence-electron chi connectivity index (χ4n) is 1.21. The molecule has 16 heavy (non-hydrogen) atoms. The topological polar surface area (TPSA) is 55.1 Å². The van der Waals surface area contributed by atoms with E-state index >= 15 is 0 Å². The lowest BCUT2D eigenvalue weighted by atomic mass is 10.2. The molecular formula is C11H9FN2OS. The molecule has 0 atom stereocenters. The summed E-state index contributed by atoms with van der Waals surface area (Å²) in [6, 6.07) is 7.65. The summed E-state index contributed by atoms with van der Waals surface area (Å²) in [6.45, 7) is 0. The number of carbonyl (C=O) groups excluding carboxylic acids is 1. The van der Waals surface area contributed by atoms with Crippen molar-refractivity contribution in [3.05, 3.63) is 46.4 Å². The first-order chi connectivity index (χ1) is 7.66. The Morgan fingerprint density at radius 1 is 1.38 bits per heavy atom. The van der Waals surface area contributed by atoms with E-state index in [1.165, 1.54) is 23.5 Å². The first kappa shape index (κ1) is 10.6. The fraction of sp³-hybridized carbons (Fsp3) is 0. The van der Waals surface area contributed by atoms with E-state index in [1.807, 2.05) is 0 Å². The van der Waals surface area contributed by atoms with E-state index in [0.717, 1.165) is 0 Å². The number of halogens is 1. The summed E-state index contributed by atoms with van der Waals surface area (Å²) in [5.41, 5.74) is 5.79. The lowest BCUT2D eigenvalue weighted by Crippen LogP contribution is -2.10. The Balaban J connectivity index is 2.15. The predicted molar refractivity (Wildman–Crippen MR) is 63.1 cm³/mol. The van der Waals surface area contributed by atoms with Crippen molar-refractivity contribution >= 4 is 28.6 Å². The molecule has 0 aliphatic heterocycles. The standard InChI is InChI=1S/C11H9FN2OS/c12-8-6-7(3-4-9(8)13)14-11(15)10-2-1-5-16-10/h1-6H,13H2,(H,14,15). The number of anilines is 2. The molecule has 3 N–H and O–H groups in total. The van der Waals surface area contributed by atoms with Gasteiger partial charge in [0.25, 0.3) is 5.91 Å². The molecule has 1 aromatic heterocycles. The smallest absolute Gasteiger partial charge is 0.265 e. The molecule has 1 heterocycles. The molecule has 0 saturated heterocycles. The largest absolute Gasteiger partial charge is 0.396 e. The first-order valence-electron chi connectivity index (χ1n) is 4.56. The van der Waals surface area contributed by atoms with E-state index in [4.69, 9.17) is 5.73 Å². The van der Waals surface area contributed by atoms with Gasteiger partial charge >= 0.3 is 0 Å². The zero-order valence-electron chi connectivity index (χ0n) is 8.24. The quantitative estimate of drug-likeness (QED) is 0.788. The second-order valence-corrected chi connectivity index (χ2v) is 4.12. The van der Waals surface area contributed by atoms with Crippen molar-refractivity contribution in [2.75, 3.05) is 11.1 Å². The fourth-order valence-corrected chi connectivity index (χ4v) is 1.82. The first-order valence-corrected chi connectivity index (χ1v) is 5.44. The van der Waals surface area contributed by atoms with Gasteiger partial charge in [0, 0.05) is 5.69 Å². The van der Waals surface area contributed by atoms with Crippen LogP contribution >= 0.6 is 11.3 Å². The Labute approximate surface area is 95.7 Å². The summed E-state index contributed by atoms with van der Waals surface area (Å²) in [6.07, 6.45) is 0. The van der Waals surface area contributed by atoms with Crippen LogP contribution in [-0.4, -0.2) is 5.91 Å². The Morgan fingerprint density at radius 2 is 2.19 bits per heavy atom. The van der Waals surface area contributed by atoms with E-state index in [-0.39, 0.29) is 11.6 Å². The normalized spacial score (nSPS) is 10.1. The third kappa shape index (κ3) is 2.20. The van der Waals surface area contributed by atoms with Gasteiger partial charge in [-0.2, -0.15) is 0 Å². The van der Waals surface area contributed by atoms with Crippen molar-refractivity contribution in [1.82, 2.24) is 0 Å². The van der Waals surface area contributed by atoms with Gasteiger partial charge in [-0.25, -0.2) is 4.39 Å². The van der Waals surface area contributed by atoms with Crippen LogP contribution in [0.25, 0.3) is 0 Å². The lowest BCUT2D eigenvalue weighted by Gasteiger charge is -2.04. The van der Waals surface area contributed by atoms with Crippen LogP contribution in [-0.2, 0) is 0 Å². The van der Waals surface area contributed by atoms with Crippen LogP contribution < -0.4 is 11.1 Å². The molecule has 1 amide bonds. The minimum Gasteiger partial charge on any atom is -0.396 e. The molecule has 82 valence electrons. The summed E-state index contributed by atoms with van der Waals surface area (Å²) in [5.74, 6) is -0.789. The molecular weight excluding hydrogens is 227 g/mol. The second-order valence-electron chi connectivity index (χ2n) is 3.17. The number of rotatable bonds is 2. The summed E-state index contributed by atoms with van der Waals surface area (Å²) >= 11 is 1.33. The highest BCUT2D eigenvalue weighted by atomic mass is 32.1. The maximum atomic E-state index is 13.1. The third-order valence-electron chi connectivity index (χ3n) is 2.00. The maximum absolute atomic E-state index is 13.1. The Morgan fingerprint density at radius 3 is 2.81 bits per heavy atom. The molecule has 3 nitrogen and oxygen atoms in total. The maximum Gasteiger partial charge on any atom is 0.265 e. The van der Waals surface area contributed by atoms with Crippen molar-refractivity contribution in [3.8, 4) is 0 Å². The van der Waals surface area contributed by atoms with Crippen LogP contribution in [0.2, 0.25) is 0 Å². The van der Waals surface area contributed by atoms with Crippen LogP contribution in [0.3, 0.4) is 0 Å². The van der Waals surface area contributed by atoms with Gasteiger partial charge in [-0.3, -0.25) is 4.79 Å². The Hall–Kier alpha value is -1.88. The highest BCUT2D eigenvalue weighted by Crippen LogP contribution is 2.17. The van der Waals surface area contributed by atoms with Gasteiger partial charge in [0.1, 0.15) is 5.82 Å². The van der Waals surface area contributed by atoms with Crippen LogP contribution in [0.5, 0.6) is 0 Å². The molecule has 0 unspecified atom stereocenters. The summed E-state index contributed by atoms with van der Waals surface area (Å²) in [5, 5.41) is 4.39. The van der Waals surface area contributed by atoms with E-state index in [1.54, 1.807) is 23.6 Å². The molecule has 0 radical (unpaired) electrons. The number of amides is 1. The van der Waals surface area contributed by atoms with Gasteiger partial charge < -0.3 is 11.1 Å². The minimum absolute atomic E-state index is 0.0640. The SMILES string of the molecule is Nc1ccc(NC(=O)c2cccs2)cc1F. The highest BCUT2D eigenvalue weighted by molar-refractivity contribution is 7.12. The number of nitrogen functional groups attached to an aromatic ring is 1. The highest BCUT2D eigenvalue weighted by Gasteiger charge is 2.07. The van der Waals surface area contributed by atoms with Crippen molar-refractivity contribution < 1.29 is 9.18 Å². The number of benzene rings is 1. The number of nitrogens with two attached hydrogens (primary N) is 1. The predicted octanol–water partition coefficient (Wildman–Crippen LogP) is 2.72. The average Bonchev–Trinajstić information content (AvgIpc) is 2.77. The monoisotopic (exact) mass is 236 g/mol. The Bertz CT molecular complexity index is 511. The summed E-state index contributed by atoms with van der Waals surface area (Å²) in [7, 11) is 0. The lowest BCUT2D eigenvalue weighted by molar-refractivity contribution is 0.103. The molecule has 0 spiro atoms. The van der Waals surface area contributed by atoms with Crippen LogP contribution in [0.1, 0.15) is 9.67 Å². The van der Waals surface area contributed by atoms with Gasteiger partial charge in [0.05, 0.1) is 10.6 Å². The van der Waals surface area contributed by atoms with Gasteiger partial charge in [0.15, 0.2) is 0 Å². The zero-order valence-corrected chi connectivity index (χ0v) is 9.05. The molecule has 0 saturated carbocycles. The molecule has 5 heteroatoms. The molecule has 2 aromatic rings. The number of hydrogen-bond donors (Lipinski definition) is 2. The van der Waals surface area contributed by atoms with Gasteiger partial charge in [-0.15, -0.1) is 11.3 Å². The second kappa shape index (κ2) is 4.32. The van der Waals surface area contributed by atoms with Gasteiger partial charge in [0.2, 0.25) is 0 Å². The van der Waals surface area contributed by atoms with Crippen molar-refractivity contribution in [2.45, 2.75) is 0 Å². The van der Waals surface area contributed by atoms with Crippen molar-refractivity contribution in [1.29, 1.82) is 0 Å². The van der Waals surface area contributed by atoms with E-state index in [9.17, 15) is 9.18 Å². The number of hydrogen-bond acceptors (Lipinski definition) is 3. The van der Waals surface area contributed by atoms with Crippen LogP contribution in [0, 0.1) is 5.82 Å². The number of nitrogens with one attached hydrogen (secondary N) is 1. The van der Waals surface area contributed by atoms with E-state index in [2.05, 4.69) is 5.32 Å². The van der Waals surface area contributed by atoms with E-state index in [0.29, 0.717) is 10.6 Å². The number of carbonyl (C=O) groups is 1. The molecule has 0 aliphatic rings. The van der Waals surface area contributed by atoms with Crippen LogP contribution in [0.4, 0.5) is 15.8 Å². The van der Waals surface area contributed by atoms with Crippen molar-refractivity contribution in [3.63, 3.8) is 0 Å². The number of thiophene rings is 1. The van der Waals surface area contributed by atoms with Gasteiger partial charge in [-0.05, 0) is 29.6 Å². The molecule has 2 rings (SSSR count). The molecule has 1 aromatic carbocycles. The summed E-state index contributed by atoms with van der Waals surface area (Å²) < 4.78 is 13.1. The minimum atomic E-state index is -0.538. The van der Waals surface area contributed by atoms with E-state index < -0.39 is 5.82 Å². The van der Waals surface area contributed by atoms with Crippen LogP contribution in [0.15, 0.2) is 35.7 Å². The van der Waals surface area contributed by atoms with Gasteiger partial charge in [-0.1, -0.05) is 6.07 Å². The zero-order chi connectivity index (χ0) is 11.5. The Kier molecular flexibility index (Phi) is 2.87. The molecule has 0 bridgehead atoms. The molecule has 0 fully saturated rings. The summed E-state index contributed by atoms with van der Waals surface area (Å²) in [4.78, 5) is 12.2.